The Morgan fingerprint density at radius 2 is 1.45 bits per heavy atom. The maximum atomic E-state index is 11.2. The van der Waals surface area contributed by atoms with E-state index in [4.69, 9.17) is 0 Å². The first kappa shape index (κ1) is 20.4. The highest BCUT2D eigenvalue weighted by Gasteiger charge is 2.12. The zero-order valence-corrected chi connectivity index (χ0v) is 15.1. The molecule has 0 amide bonds. The highest BCUT2D eigenvalue weighted by atomic mass is 16.3. The molecule has 22 heavy (non-hydrogen) atoms. The Morgan fingerprint density at radius 3 is 1.95 bits per heavy atom. The van der Waals surface area contributed by atoms with Gasteiger partial charge in [-0.1, -0.05) is 34.9 Å². The summed E-state index contributed by atoms with van der Waals surface area (Å²) >= 11 is 0. The standard InChI is InChI=1S/C20H32O2/c1-15(2)8-7-9-17(5)11-13-19(12-10-16(3)4)20(22)14-18(6)21/h8,10-11,14,19,22H,7,9,12-13H2,1-6H3/b17-11+,20-14-. The van der Waals surface area contributed by atoms with Crippen LogP contribution in [0.25, 0.3) is 0 Å². The fourth-order valence-corrected chi connectivity index (χ4v) is 2.08. The monoisotopic (exact) mass is 304 g/mol. The van der Waals surface area contributed by atoms with Crippen molar-refractivity contribution in [2.24, 2.45) is 5.92 Å². The number of carbonyl (C=O) groups is 1. The maximum absolute atomic E-state index is 11.2. The average Bonchev–Trinajstić information content (AvgIpc) is 2.36. The molecule has 0 fully saturated rings. The van der Waals surface area contributed by atoms with Crippen molar-refractivity contribution in [1.29, 1.82) is 0 Å². The fraction of sp³-hybridized carbons (Fsp3) is 0.550. The first-order valence-electron chi connectivity index (χ1n) is 8.05. The predicted molar refractivity (Wildman–Crippen MR) is 96.0 cm³/mol. The van der Waals surface area contributed by atoms with E-state index in [-0.39, 0.29) is 17.5 Å². The quantitative estimate of drug-likeness (QED) is 0.319. The molecule has 0 saturated heterocycles. The van der Waals surface area contributed by atoms with Crippen LogP contribution in [0.3, 0.4) is 0 Å². The van der Waals surface area contributed by atoms with Crippen molar-refractivity contribution in [3.63, 3.8) is 0 Å². The van der Waals surface area contributed by atoms with Crippen LogP contribution in [0.2, 0.25) is 0 Å². The third kappa shape index (κ3) is 11.1. The van der Waals surface area contributed by atoms with E-state index in [0.717, 1.165) is 25.7 Å². The predicted octanol–water partition coefficient (Wildman–Crippen LogP) is 6.07. The second kappa shape index (κ2) is 11.1. The summed E-state index contributed by atoms with van der Waals surface area (Å²) < 4.78 is 0. The lowest BCUT2D eigenvalue weighted by Gasteiger charge is -2.13. The van der Waals surface area contributed by atoms with Gasteiger partial charge in [0.25, 0.3) is 0 Å². The average molecular weight is 304 g/mol. The molecule has 0 bridgehead atoms. The minimum absolute atomic E-state index is 0.0165. The highest BCUT2D eigenvalue weighted by molar-refractivity contribution is 5.87. The van der Waals surface area contributed by atoms with Crippen LogP contribution in [0.4, 0.5) is 0 Å². The number of hydrogen-bond acceptors (Lipinski definition) is 2. The molecule has 124 valence electrons. The molecule has 0 saturated carbocycles. The summed E-state index contributed by atoms with van der Waals surface area (Å²) in [5, 5.41) is 10.1. The highest BCUT2D eigenvalue weighted by Crippen LogP contribution is 2.21. The van der Waals surface area contributed by atoms with Gasteiger partial charge in [-0.25, -0.2) is 0 Å². The number of aliphatic hydroxyl groups excluding tert-OH is 1. The van der Waals surface area contributed by atoms with Gasteiger partial charge in [-0.15, -0.1) is 0 Å². The molecule has 1 N–H and O–H groups in total. The molecule has 0 spiro atoms. The second-order valence-electron chi connectivity index (χ2n) is 6.50. The zero-order valence-electron chi connectivity index (χ0n) is 15.1. The summed E-state index contributed by atoms with van der Waals surface area (Å²) in [5.41, 5.74) is 3.90. The van der Waals surface area contributed by atoms with E-state index >= 15 is 0 Å². The van der Waals surface area contributed by atoms with E-state index in [2.05, 4.69) is 39.0 Å². The number of allylic oxidation sites excluding steroid dienone is 8. The molecule has 2 nitrogen and oxygen atoms in total. The molecule has 0 aliphatic rings. The molecular weight excluding hydrogens is 272 g/mol. The summed E-state index contributed by atoms with van der Waals surface area (Å²) in [6, 6.07) is 0. The Bertz CT molecular complexity index is 468. The van der Waals surface area contributed by atoms with Crippen LogP contribution in [0.1, 0.15) is 67.2 Å². The van der Waals surface area contributed by atoms with Gasteiger partial charge in [0.2, 0.25) is 0 Å². The van der Waals surface area contributed by atoms with Crippen LogP contribution in [-0.2, 0) is 4.79 Å². The Kier molecular flexibility index (Phi) is 10.3. The Morgan fingerprint density at radius 1 is 0.909 bits per heavy atom. The van der Waals surface area contributed by atoms with E-state index in [9.17, 15) is 9.90 Å². The smallest absolute Gasteiger partial charge is 0.155 e. The van der Waals surface area contributed by atoms with Crippen LogP contribution in [0, 0.1) is 5.92 Å². The Hall–Kier alpha value is -1.57. The van der Waals surface area contributed by atoms with Gasteiger partial charge in [0.1, 0.15) is 0 Å². The van der Waals surface area contributed by atoms with Crippen molar-refractivity contribution in [2.75, 3.05) is 0 Å². The van der Waals surface area contributed by atoms with E-state index in [1.807, 2.05) is 13.8 Å². The molecule has 0 aromatic heterocycles. The van der Waals surface area contributed by atoms with Crippen molar-refractivity contribution in [3.8, 4) is 0 Å². The summed E-state index contributed by atoms with van der Waals surface area (Å²) in [4.78, 5) is 11.2. The molecule has 0 rings (SSSR count). The number of rotatable bonds is 9. The van der Waals surface area contributed by atoms with E-state index in [0.29, 0.717) is 0 Å². The molecular formula is C20H32O2. The van der Waals surface area contributed by atoms with Gasteiger partial charge >= 0.3 is 0 Å². The summed E-state index contributed by atoms with van der Waals surface area (Å²) in [6.45, 7) is 11.9. The van der Waals surface area contributed by atoms with Crippen molar-refractivity contribution >= 4 is 5.78 Å². The fourth-order valence-electron chi connectivity index (χ4n) is 2.08. The first-order valence-corrected chi connectivity index (χ1v) is 8.05. The summed E-state index contributed by atoms with van der Waals surface area (Å²) in [7, 11) is 0. The molecule has 2 heteroatoms. The lowest BCUT2D eigenvalue weighted by atomic mass is 9.95. The molecule has 0 aromatic carbocycles. The molecule has 0 heterocycles. The topological polar surface area (TPSA) is 37.3 Å². The lowest BCUT2D eigenvalue weighted by Crippen LogP contribution is -2.04. The third-order valence-corrected chi connectivity index (χ3v) is 3.42. The van der Waals surface area contributed by atoms with Crippen LogP contribution in [-0.4, -0.2) is 10.9 Å². The zero-order chi connectivity index (χ0) is 17.1. The lowest BCUT2D eigenvalue weighted by molar-refractivity contribution is -0.112. The van der Waals surface area contributed by atoms with E-state index in [1.165, 1.54) is 29.7 Å². The van der Waals surface area contributed by atoms with Crippen LogP contribution < -0.4 is 0 Å². The van der Waals surface area contributed by atoms with Crippen LogP contribution in [0.5, 0.6) is 0 Å². The molecule has 1 unspecified atom stereocenters. The number of aliphatic hydroxyl groups is 1. The van der Waals surface area contributed by atoms with Gasteiger partial charge in [0.05, 0.1) is 5.76 Å². The van der Waals surface area contributed by atoms with Crippen molar-refractivity contribution in [2.45, 2.75) is 67.2 Å². The SMILES string of the molecule is CC(=O)/C=C(\O)C(CC=C(C)C)C/C=C(\C)CCC=C(C)C. The molecule has 1 atom stereocenters. The number of carbonyl (C=O) groups excluding carboxylic acids is 1. The normalized spacial score (nSPS) is 13.5. The van der Waals surface area contributed by atoms with Crippen molar-refractivity contribution in [3.05, 3.63) is 46.8 Å². The van der Waals surface area contributed by atoms with Gasteiger partial charge < -0.3 is 5.11 Å². The van der Waals surface area contributed by atoms with Crippen molar-refractivity contribution in [1.82, 2.24) is 0 Å². The minimum Gasteiger partial charge on any atom is -0.512 e. The number of ketones is 1. The van der Waals surface area contributed by atoms with E-state index < -0.39 is 0 Å². The molecule has 0 aromatic rings. The Balaban J connectivity index is 4.79. The second-order valence-corrected chi connectivity index (χ2v) is 6.50. The summed E-state index contributed by atoms with van der Waals surface area (Å²) in [5.74, 6) is 0.0690. The molecule has 0 aliphatic heterocycles. The maximum Gasteiger partial charge on any atom is 0.155 e. The largest absolute Gasteiger partial charge is 0.512 e. The summed E-state index contributed by atoms with van der Waals surface area (Å²) in [6.07, 6.45) is 11.5. The van der Waals surface area contributed by atoms with Gasteiger partial charge in [-0.2, -0.15) is 0 Å². The number of hydrogen-bond donors (Lipinski definition) is 1. The van der Waals surface area contributed by atoms with Crippen LogP contribution in [0.15, 0.2) is 46.8 Å². The Labute approximate surface area is 136 Å². The van der Waals surface area contributed by atoms with Gasteiger partial charge in [-0.3, -0.25) is 4.79 Å². The van der Waals surface area contributed by atoms with E-state index in [1.54, 1.807) is 0 Å². The van der Waals surface area contributed by atoms with Crippen molar-refractivity contribution < 1.29 is 9.90 Å². The molecule has 0 aliphatic carbocycles. The minimum atomic E-state index is -0.107. The van der Waals surface area contributed by atoms with Gasteiger partial charge in [-0.05, 0) is 67.2 Å². The third-order valence-electron chi connectivity index (χ3n) is 3.42. The van der Waals surface area contributed by atoms with Gasteiger partial charge in [0, 0.05) is 12.0 Å². The molecule has 0 radical (unpaired) electrons. The van der Waals surface area contributed by atoms with Crippen LogP contribution >= 0.6 is 0 Å². The first-order chi connectivity index (χ1) is 10.2. The van der Waals surface area contributed by atoms with Gasteiger partial charge in [0.15, 0.2) is 5.78 Å².